The van der Waals surface area contributed by atoms with Gasteiger partial charge in [0.25, 0.3) is 0 Å². The van der Waals surface area contributed by atoms with Crippen molar-refractivity contribution in [3.05, 3.63) is 0 Å². The maximum atomic E-state index is 12.2. The standard InChI is InChI=1S/C13H22N2O3S/c16-13(6-12-9-19(17,18)5-4-14-12)15-7-10-2-1-3-11(10)8-15/h10-12,14H,1-9H2. The highest BCUT2D eigenvalue weighted by molar-refractivity contribution is 7.91. The van der Waals surface area contributed by atoms with Crippen LogP contribution in [0.3, 0.4) is 0 Å². The van der Waals surface area contributed by atoms with Gasteiger partial charge in [0.05, 0.1) is 11.5 Å². The molecule has 6 heteroatoms. The van der Waals surface area contributed by atoms with Crippen LogP contribution in [0.15, 0.2) is 0 Å². The molecule has 0 aromatic rings. The topological polar surface area (TPSA) is 66.5 Å². The van der Waals surface area contributed by atoms with E-state index in [4.69, 9.17) is 0 Å². The molecule has 3 atom stereocenters. The van der Waals surface area contributed by atoms with Gasteiger partial charge in [-0.2, -0.15) is 0 Å². The van der Waals surface area contributed by atoms with Crippen LogP contribution in [0.1, 0.15) is 25.7 Å². The lowest BCUT2D eigenvalue weighted by atomic mass is 10.0. The average Bonchev–Trinajstić information content (AvgIpc) is 2.86. The second kappa shape index (κ2) is 5.05. The van der Waals surface area contributed by atoms with Crippen molar-refractivity contribution in [1.29, 1.82) is 0 Å². The average molecular weight is 286 g/mol. The van der Waals surface area contributed by atoms with Crippen molar-refractivity contribution < 1.29 is 13.2 Å². The predicted octanol–water partition coefficient (Wildman–Crippen LogP) is 0.0216. The minimum absolute atomic E-state index is 0.111. The highest BCUT2D eigenvalue weighted by atomic mass is 32.2. The van der Waals surface area contributed by atoms with E-state index in [1.165, 1.54) is 19.3 Å². The van der Waals surface area contributed by atoms with Crippen molar-refractivity contribution in [2.75, 3.05) is 31.1 Å². The Bertz CT molecular complexity index is 451. The Balaban J connectivity index is 1.54. The molecule has 5 nitrogen and oxygen atoms in total. The van der Waals surface area contributed by atoms with Crippen LogP contribution in [0.5, 0.6) is 0 Å². The summed E-state index contributed by atoms with van der Waals surface area (Å²) in [4.78, 5) is 14.2. The highest BCUT2D eigenvalue weighted by Gasteiger charge is 2.38. The van der Waals surface area contributed by atoms with Crippen LogP contribution in [-0.4, -0.2) is 56.4 Å². The number of rotatable bonds is 2. The monoisotopic (exact) mass is 286 g/mol. The molecule has 3 rings (SSSR count). The number of fused-ring (bicyclic) bond motifs is 1. The second-order valence-electron chi connectivity index (χ2n) is 6.22. The molecule has 2 aliphatic heterocycles. The van der Waals surface area contributed by atoms with Crippen molar-refractivity contribution in [3.63, 3.8) is 0 Å². The Labute approximate surface area is 114 Å². The SMILES string of the molecule is O=C(CC1CS(=O)(=O)CCN1)N1CC2CCCC2C1. The number of carbonyl (C=O) groups excluding carboxylic acids is 1. The molecular formula is C13H22N2O3S. The van der Waals surface area contributed by atoms with E-state index in [1.807, 2.05) is 4.90 Å². The van der Waals surface area contributed by atoms with E-state index < -0.39 is 9.84 Å². The summed E-state index contributed by atoms with van der Waals surface area (Å²) in [5.74, 6) is 1.84. The molecule has 0 spiro atoms. The van der Waals surface area contributed by atoms with Gasteiger partial charge < -0.3 is 10.2 Å². The Hall–Kier alpha value is -0.620. The van der Waals surface area contributed by atoms with Crippen LogP contribution in [0.4, 0.5) is 0 Å². The molecule has 1 aliphatic carbocycles. The lowest BCUT2D eigenvalue weighted by Gasteiger charge is -2.25. The number of nitrogens with zero attached hydrogens (tertiary/aromatic N) is 1. The normalized spacial score (nSPS) is 37.3. The second-order valence-corrected chi connectivity index (χ2v) is 8.45. The van der Waals surface area contributed by atoms with Crippen LogP contribution in [-0.2, 0) is 14.6 Å². The van der Waals surface area contributed by atoms with Gasteiger partial charge in [0.1, 0.15) is 0 Å². The first kappa shape index (κ1) is 13.4. The first-order chi connectivity index (χ1) is 9.03. The van der Waals surface area contributed by atoms with Crippen LogP contribution < -0.4 is 5.32 Å². The minimum Gasteiger partial charge on any atom is -0.342 e. The molecule has 1 saturated carbocycles. The summed E-state index contributed by atoms with van der Waals surface area (Å²) in [6, 6.07) is -0.188. The fourth-order valence-corrected chi connectivity index (χ4v) is 5.22. The van der Waals surface area contributed by atoms with Crippen molar-refractivity contribution in [1.82, 2.24) is 10.2 Å². The van der Waals surface area contributed by atoms with Crippen molar-refractivity contribution in [3.8, 4) is 0 Å². The van der Waals surface area contributed by atoms with Crippen LogP contribution in [0.25, 0.3) is 0 Å². The van der Waals surface area contributed by atoms with E-state index in [1.54, 1.807) is 0 Å². The third-order valence-electron chi connectivity index (χ3n) is 4.80. The number of hydrogen-bond donors (Lipinski definition) is 1. The zero-order valence-electron chi connectivity index (χ0n) is 11.2. The van der Waals surface area contributed by atoms with Crippen molar-refractivity contribution in [2.45, 2.75) is 31.7 Å². The third kappa shape index (κ3) is 2.94. The largest absolute Gasteiger partial charge is 0.342 e. The maximum absolute atomic E-state index is 12.2. The molecule has 0 aromatic carbocycles. The van der Waals surface area contributed by atoms with E-state index in [0.29, 0.717) is 24.8 Å². The zero-order chi connectivity index (χ0) is 13.5. The van der Waals surface area contributed by atoms with Crippen molar-refractivity contribution >= 4 is 15.7 Å². The minimum atomic E-state index is -2.95. The quantitative estimate of drug-likeness (QED) is 0.777. The summed E-state index contributed by atoms with van der Waals surface area (Å²) >= 11 is 0. The molecule has 108 valence electrons. The smallest absolute Gasteiger partial charge is 0.224 e. The zero-order valence-corrected chi connectivity index (χ0v) is 12.0. The molecule has 2 saturated heterocycles. The number of carbonyl (C=O) groups is 1. The van der Waals surface area contributed by atoms with Gasteiger partial charge in [0, 0.05) is 32.1 Å². The fraction of sp³-hybridized carbons (Fsp3) is 0.923. The lowest BCUT2D eigenvalue weighted by molar-refractivity contribution is -0.130. The third-order valence-corrected chi connectivity index (χ3v) is 6.54. The summed E-state index contributed by atoms with van der Waals surface area (Å²) in [6.07, 6.45) is 4.15. The predicted molar refractivity (Wildman–Crippen MR) is 72.5 cm³/mol. The fourth-order valence-electron chi connectivity index (χ4n) is 3.78. The Morgan fingerprint density at radius 1 is 1.21 bits per heavy atom. The number of nitrogens with one attached hydrogen (secondary N) is 1. The Morgan fingerprint density at radius 2 is 1.89 bits per heavy atom. The number of amides is 1. The van der Waals surface area contributed by atoms with E-state index >= 15 is 0 Å². The van der Waals surface area contributed by atoms with Gasteiger partial charge in [0.2, 0.25) is 5.91 Å². The van der Waals surface area contributed by atoms with Gasteiger partial charge in [0.15, 0.2) is 9.84 Å². The summed E-state index contributed by atoms with van der Waals surface area (Å²) in [5, 5.41) is 3.15. The molecule has 1 N–H and O–H groups in total. The molecule has 3 unspecified atom stereocenters. The molecular weight excluding hydrogens is 264 g/mol. The van der Waals surface area contributed by atoms with Crippen LogP contribution in [0.2, 0.25) is 0 Å². The summed E-state index contributed by atoms with van der Waals surface area (Å²) < 4.78 is 23.1. The Morgan fingerprint density at radius 3 is 2.53 bits per heavy atom. The summed E-state index contributed by atoms with van der Waals surface area (Å²) in [7, 11) is -2.95. The molecule has 1 amide bonds. The van der Waals surface area contributed by atoms with Gasteiger partial charge in [-0.25, -0.2) is 8.42 Å². The van der Waals surface area contributed by atoms with Gasteiger partial charge in [-0.15, -0.1) is 0 Å². The van der Waals surface area contributed by atoms with E-state index in [9.17, 15) is 13.2 Å². The first-order valence-corrected chi connectivity index (χ1v) is 9.07. The summed E-state index contributed by atoms with van der Waals surface area (Å²) in [5.41, 5.74) is 0. The van der Waals surface area contributed by atoms with Crippen LogP contribution in [0, 0.1) is 11.8 Å². The van der Waals surface area contributed by atoms with Gasteiger partial charge in [-0.1, -0.05) is 6.42 Å². The van der Waals surface area contributed by atoms with E-state index in [0.717, 1.165) is 13.1 Å². The maximum Gasteiger partial charge on any atom is 0.224 e. The van der Waals surface area contributed by atoms with Gasteiger partial charge in [-0.05, 0) is 24.7 Å². The first-order valence-electron chi connectivity index (χ1n) is 7.25. The van der Waals surface area contributed by atoms with Gasteiger partial charge in [-0.3, -0.25) is 4.79 Å². The molecule has 19 heavy (non-hydrogen) atoms. The Kier molecular flexibility index (Phi) is 3.55. The van der Waals surface area contributed by atoms with E-state index in [2.05, 4.69) is 5.32 Å². The van der Waals surface area contributed by atoms with Crippen molar-refractivity contribution in [2.24, 2.45) is 11.8 Å². The molecule has 0 aromatic heterocycles. The molecule has 0 radical (unpaired) electrons. The van der Waals surface area contributed by atoms with Crippen LogP contribution >= 0.6 is 0 Å². The molecule has 0 bridgehead atoms. The lowest BCUT2D eigenvalue weighted by Crippen LogP contribution is -2.47. The van der Waals surface area contributed by atoms with E-state index in [-0.39, 0.29) is 23.5 Å². The number of likely N-dealkylation sites (tertiary alicyclic amines) is 1. The summed E-state index contributed by atoms with van der Waals surface area (Å²) in [6.45, 7) is 2.26. The molecule has 3 fully saturated rings. The highest BCUT2D eigenvalue weighted by Crippen LogP contribution is 2.37. The van der Waals surface area contributed by atoms with Gasteiger partial charge >= 0.3 is 0 Å². The number of sulfone groups is 1. The molecule has 3 aliphatic rings. The number of hydrogen-bond acceptors (Lipinski definition) is 4. The molecule has 2 heterocycles.